The second-order valence-electron chi connectivity index (χ2n) is 3.55. The fraction of sp³-hybridized carbons (Fsp3) is 0.250. The Hall–Kier alpha value is -0.420. The van der Waals surface area contributed by atoms with Crippen molar-refractivity contribution in [1.29, 1.82) is 0 Å². The van der Waals surface area contributed by atoms with Gasteiger partial charge < -0.3 is 5.32 Å². The van der Waals surface area contributed by atoms with E-state index in [2.05, 4.69) is 45.3 Å². The lowest BCUT2D eigenvalue weighted by atomic mass is 10.1. The Labute approximate surface area is 120 Å². The Bertz CT molecular complexity index is 482. The van der Waals surface area contributed by atoms with Crippen molar-refractivity contribution in [3.8, 4) is 11.3 Å². The highest BCUT2D eigenvalue weighted by molar-refractivity contribution is 9.10. The van der Waals surface area contributed by atoms with Crippen LogP contribution in [0.4, 0.5) is 0 Å². The maximum atomic E-state index is 4.64. The molecule has 0 amide bonds. The molecule has 0 unspecified atom stereocenters. The molecular weight excluding hydrogens is 320 g/mol. The number of benzene rings is 1. The molecule has 0 atom stereocenters. The van der Waals surface area contributed by atoms with Crippen LogP contribution in [0.1, 0.15) is 9.88 Å². The van der Waals surface area contributed by atoms with Crippen molar-refractivity contribution in [3.05, 3.63) is 38.6 Å². The fourth-order valence-electron chi connectivity index (χ4n) is 1.55. The fourth-order valence-corrected chi connectivity index (χ4v) is 2.79. The number of hydrogen-bond donors (Lipinski definition) is 1. The molecule has 2 aromatic rings. The molecule has 0 spiro atoms. The van der Waals surface area contributed by atoms with Crippen molar-refractivity contribution in [1.82, 2.24) is 10.3 Å². The molecule has 1 aromatic carbocycles. The van der Waals surface area contributed by atoms with Gasteiger partial charge in [0.15, 0.2) is 0 Å². The lowest BCUT2D eigenvalue weighted by molar-refractivity contribution is 0.811. The van der Waals surface area contributed by atoms with E-state index >= 15 is 0 Å². The zero-order valence-electron chi connectivity index (χ0n) is 9.66. The van der Waals surface area contributed by atoms with Crippen molar-refractivity contribution in [2.45, 2.75) is 13.5 Å². The van der Waals surface area contributed by atoms with Gasteiger partial charge in [-0.05, 0) is 26.1 Å². The summed E-state index contributed by atoms with van der Waals surface area (Å²) in [7, 11) is 1.94. The summed E-state index contributed by atoms with van der Waals surface area (Å²) >= 11 is 5.19. The standard InChI is InChI=1S/C12H13BrN2S.ClH/c1-8-12(15-11(16-8)7-14-2)9-3-5-10(13)6-4-9;/h3-6,14H,7H2,1-2H3;1H. The molecule has 0 radical (unpaired) electrons. The third-order valence-corrected chi connectivity index (χ3v) is 3.79. The molecule has 0 fully saturated rings. The van der Waals surface area contributed by atoms with E-state index in [-0.39, 0.29) is 12.4 Å². The summed E-state index contributed by atoms with van der Waals surface area (Å²) in [6.07, 6.45) is 0. The minimum Gasteiger partial charge on any atom is -0.314 e. The molecular formula is C12H14BrClN2S. The number of aromatic nitrogens is 1. The van der Waals surface area contributed by atoms with Crippen LogP contribution in [0.25, 0.3) is 11.3 Å². The van der Waals surface area contributed by atoms with E-state index in [0.29, 0.717) is 0 Å². The first-order valence-corrected chi connectivity index (χ1v) is 6.68. The SMILES string of the molecule is CNCc1nc(-c2ccc(Br)cc2)c(C)s1.Cl. The summed E-state index contributed by atoms with van der Waals surface area (Å²) in [5.41, 5.74) is 2.28. The molecule has 1 aromatic heterocycles. The quantitative estimate of drug-likeness (QED) is 0.917. The van der Waals surface area contributed by atoms with Crippen LogP contribution < -0.4 is 5.32 Å². The topological polar surface area (TPSA) is 24.9 Å². The van der Waals surface area contributed by atoms with Crippen LogP contribution in [0.2, 0.25) is 0 Å². The Morgan fingerprint density at radius 2 is 1.94 bits per heavy atom. The molecule has 0 saturated carbocycles. The van der Waals surface area contributed by atoms with Crippen LogP contribution in [-0.4, -0.2) is 12.0 Å². The average molecular weight is 334 g/mol. The summed E-state index contributed by atoms with van der Waals surface area (Å²) in [6.45, 7) is 2.95. The van der Waals surface area contributed by atoms with Gasteiger partial charge in [-0.25, -0.2) is 4.98 Å². The molecule has 92 valence electrons. The highest BCUT2D eigenvalue weighted by Gasteiger charge is 2.08. The lowest BCUT2D eigenvalue weighted by Gasteiger charge is -1.98. The summed E-state index contributed by atoms with van der Waals surface area (Å²) in [6, 6.07) is 8.28. The first kappa shape index (κ1) is 14.6. The zero-order valence-corrected chi connectivity index (χ0v) is 12.9. The van der Waals surface area contributed by atoms with Crippen LogP contribution in [0.5, 0.6) is 0 Å². The van der Waals surface area contributed by atoms with Crippen LogP contribution >= 0.6 is 39.7 Å². The molecule has 17 heavy (non-hydrogen) atoms. The maximum Gasteiger partial charge on any atom is 0.107 e. The molecule has 1 N–H and O–H groups in total. The van der Waals surface area contributed by atoms with E-state index in [1.807, 2.05) is 19.2 Å². The van der Waals surface area contributed by atoms with E-state index in [9.17, 15) is 0 Å². The molecule has 0 saturated heterocycles. The van der Waals surface area contributed by atoms with Gasteiger partial charge in [0.1, 0.15) is 5.01 Å². The summed E-state index contributed by atoms with van der Waals surface area (Å²) in [5.74, 6) is 0. The van der Waals surface area contributed by atoms with Gasteiger partial charge in [-0.3, -0.25) is 0 Å². The number of halogens is 2. The normalized spacial score (nSPS) is 10.1. The first-order chi connectivity index (χ1) is 7.70. The van der Waals surface area contributed by atoms with Gasteiger partial charge in [-0.1, -0.05) is 28.1 Å². The third-order valence-electron chi connectivity index (χ3n) is 2.29. The molecule has 0 aliphatic carbocycles. The predicted octanol–water partition coefficient (Wildman–Crippen LogP) is 4.02. The number of nitrogens with zero attached hydrogens (tertiary/aromatic N) is 1. The Kier molecular flexibility index (Phi) is 5.59. The Morgan fingerprint density at radius 3 is 2.53 bits per heavy atom. The van der Waals surface area contributed by atoms with Crippen molar-refractivity contribution in [2.75, 3.05) is 7.05 Å². The smallest absolute Gasteiger partial charge is 0.107 e. The number of thiazole rings is 1. The molecule has 0 aliphatic rings. The van der Waals surface area contributed by atoms with Gasteiger partial charge in [0.05, 0.1) is 5.69 Å². The third kappa shape index (κ3) is 3.52. The molecule has 0 aliphatic heterocycles. The minimum atomic E-state index is 0. The van der Waals surface area contributed by atoms with E-state index in [1.54, 1.807) is 11.3 Å². The zero-order chi connectivity index (χ0) is 11.5. The van der Waals surface area contributed by atoms with Gasteiger partial charge in [0, 0.05) is 21.5 Å². The molecule has 2 rings (SSSR count). The number of aryl methyl sites for hydroxylation is 1. The average Bonchev–Trinajstić information content (AvgIpc) is 2.61. The van der Waals surface area contributed by atoms with E-state index in [0.717, 1.165) is 21.7 Å². The van der Waals surface area contributed by atoms with Gasteiger partial charge >= 0.3 is 0 Å². The highest BCUT2D eigenvalue weighted by Crippen LogP contribution is 2.28. The van der Waals surface area contributed by atoms with Gasteiger partial charge in [-0.15, -0.1) is 23.7 Å². The Morgan fingerprint density at radius 1 is 1.29 bits per heavy atom. The van der Waals surface area contributed by atoms with Crippen LogP contribution in [0.3, 0.4) is 0 Å². The Balaban J connectivity index is 0.00000144. The van der Waals surface area contributed by atoms with Crippen molar-refractivity contribution >= 4 is 39.7 Å². The van der Waals surface area contributed by atoms with Gasteiger partial charge in [0.2, 0.25) is 0 Å². The minimum absolute atomic E-state index is 0. The predicted molar refractivity (Wildman–Crippen MR) is 80.0 cm³/mol. The van der Waals surface area contributed by atoms with E-state index in [1.165, 1.54) is 10.4 Å². The number of hydrogen-bond acceptors (Lipinski definition) is 3. The molecule has 2 nitrogen and oxygen atoms in total. The van der Waals surface area contributed by atoms with Crippen molar-refractivity contribution in [3.63, 3.8) is 0 Å². The van der Waals surface area contributed by atoms with E-state index < -0.39 is 0 Å². The van der Waals surface area contributed by atoms with Gasteiger partial charge in [0.25, 0.3) is 0 Å². The number of nitrogens with one attached hydrogen (secondary N) is 1. The van der Waals surface area contributed by atoms with E-state index in [4.69, 9.17) is 0 Å². The van der Waals surface area contributed by atoms with Gasteiger partial charge in [-0.2, -0.15) is 0 Å². The summed E-state index contributed by atoms with van der Waals surface area (Å²) in [4.78, 5) is 5.91. The second-order valence-corrected chi connectivity index (χ2v) is 5.75. The van der Waals surface area contributed by atoms with Crippen molar-refractivity contribution in [2.24, 2.45) is 0 Å². The molecule has 5 heteroatoms. The number of rotatable bonds is 3. The second kappa shape index (κ2) is 6.50. The molecule has 1 heterocycles. The summed E-state index contributed by atoms with van der Waals surface area (Å²) < 4.78 is 1.10. The van der Waals surface area contributed by atoms with Crippen molar-refractivity contribution < 1.29 is 0 Å². The summed E-state index contributed by atoms with van der Waals surface area (Å²) in [5, 5.41) is 4.26. The van der Waals surface area contributed by atoms with Crippen LogP contribution in [-0.2, 0) is 6.54 Å². The highest BCUT2D eigenvalue weighted by atomic mass is 79.9. The first-order valence-electron chi connectivity index (χ1n) is 5.07. The lowest BCUT2D eigenvalue weighted by Crippen LogP contribution is -2.04. The maximum absolute atomic E-state index is 4.64. The van der Waals surface area contributed by atoms with Crippen LogP contribution in [0.15, 0.2) is 28.7 Å². The molecule has 0 bridgehead atoms. The largest absolute Gasteiger partial charge is 0.314 e. The van der Waals surface area contributed by atoms with Crippen LogP contribution in [0, 0.1) is 6.92 Å². The monoisotopic (exact) mass is 332 g/mol.